The maximum Gasteiger partial charge on any atom is 0.261 e. The molecule has 0 aliphatic carbocycles. The summed E-state index contributed by atoms with van der Waals surface area (Å²) in [6, 6.07) is 15.3. The van der Waals surface area contributed by atoms with E-state index in [2.05, 4.69) is 33.0 Å². The van der Waals surface area contributed by atoms with Gasteiger partial charge in [-0.05, 0) is 42.4 Å². The molecule has 0 aliphatic rings. The van der Waals surface area contributed by atoms with Crippen LogP contribution in [0.5, 0.6) is 5.75 Å². The van der Waals surface area contributed by atoms with Crippen molar-refractivity contribution < 1.29 is 14.3 Å². The Labute approximate surface area is 193 Å². The summed E-state index contributed by atoms with van der Waals surface area (Å²) in [5, 5.41) is 2.99. The molecule has 5 nitrogen and oxygen atoms in total. The molecule has 0 radical (unpaired) electrons. The number of nitrogens with zero attached hydrogens (tertiary/aromatic N) is 1. The molecule has 5 heteroatoms. The third-order valence-electron chi connectivity index (χ3n) is 5.40. The van der Waals surface area contributed by atoms with Gasteiger partial charge in [-0.25, -0.2) is 0 Å². The van der Waals surface area contributed by atoms with Crippen LogP contribution in [0.1, 0.15) is 63.6 Å². The molecule has 0 saturated carbocycles. The molecule has 174 valence electrons. The van der Waals surface area contributed by atoms with Gasteiger partial charge in [-0.2, -0.15) is 0 Å². The van der Waals surface area contributed by atoms with Crippen LogP contribution in [0.25, 0.3) is 0 Å². The number of hydrogen-bond acceptors (Lipinski definition) is 3. The van der Waals surface area contributed by atoms with Gasteiger partial charge in [-0.1, -0.05) is 82.6 Å². The summed E-state index contributed by atoms with van der Waals surface area (Å²) >= 11 is 0. The highest BCUT2D eigenvalue weighted by molar-refractivity contribution is 5.88. The summed E-state index contributed by atoms with van der Waals surface area (Å²) < 4.78 is 5.95. The van der Waals surface area contributed by atoms with Crippen molar-refractivity contribution in [2.45, 2.75) is 66.5 Å². The number of hydrogen-bond donors (Lipinski definition) is 1. The molecule has 2 aromatic rings. The number of amides is 2. The first-order valence-electron chi connectivity index (χ1n) is 11.6. The van der Waals surface area contributed by atoms with Gasteiger partial charge in [0.15, 0.2) is 6.61 Å². The first-order valence-corrected chi connectivity index (χ1v) is 11.6. The SMILES string of the molecule is CCC(C(=O)NCC(C)C)N(Cc1cccc(C)c1)C(=O)COc1ccccc1C(C)C. The van der Waals surface area contributed by atoms with Gasteiger partial charge in [-0.15, -0.1) is 0 Å². The molecular formula is C27H38N2O3. The predicted molar refractivity (Wildman–Crippen MR) is 130 cm³/mol. The van der Waals surface area contributed by atoms with Gasteiger partial charge >= 0.3 is 0 Å². The number of nitrogens with one attached hydrogen (secondary N) is 1. The molecule has 1 unspecified atom stereocenters. The fourth-order valence-corrected chi connectivity index (χ4v) is 3.66. The summed E-state index contributed by atoms with van der Waals surface area (Å²) in [6.07, 6.45) is 0.532. The van der Waals surface area contributed by atoms with Crippen molar-refractivity contribution in [3.63, 3.8) is 0 Å². The van der Waals surface area contributed by atoms with Crippen molar-refractivity contribution in [2.75, 3.05) is 13.2 Å². The fraction of sp³-hybridized carbons (Fsp3) is 0.481. The average molecular weight is 439 g/mol. The number of carbonyl (C=O) groups is 2. The minimum atomic E-state index is -0.550. The Morgan fingerprint density at radius 2 is 1.75 bits per heavy atom. The van der Waals surface area contributed by atoms with Gasteiger partial charge < -0.3 is 15.0 Å². The molecule has 0 fully saturated rings. The number of rotatable bonds is 11. The van der Waals surface area contributed by atoms with Crippen molar-refractivity contribution in [2.24, 2.45) is 5.92 Å². The Balaban J connectivity index is 2.24. The second-order valence-electron chi connectivity index (χ2n) is 9.05. The molecule has 2 amide bonds. The molecule has 0 spiro atoms. The zero-order valence-electron chi connectivity index (χ0n) is 20.4. The number of benzene rings is 2. The lowest BCUT2D eigenvalue weighted by molar-refractivity contribution is -0.143. The number of carbonyl (C=O) groups excluding carboxylic acids is 2. The van der Waals surface area contributed by atoms with Gasteiger partial charge in [-0.3, -0.25) is 9.59 Å². The highest BCUT2D eigenvalue weighted by Crippen LogP contribution is 2.26. The fourth-order valence-electron chi connectivity index (χ4n) is 3.66. The molecule has 1 atom stereocenters. The van der Waals surface area contributed by atoms with E-state index in [1.165, 1.54) is 0 Å². The summed E-state index contributed by atoms with van der Waals surface area (Å²) in [7, 11) is 0. The molecule has 0 heterocycles. The zero-order chi connectivity index (χ0) is 23.7. The van der Waals surface area contributed by atoms with Gasteiger partial charge in [0.2, 0.25) is 5.91 Å². The largest absolute Gasteiger partial charge is 0.483 e. The van der Waals surface area contributed by atoms with E-state index < -0.39 is 6.04 Å². The van der Waals surface area contributed by atoms with Crippen LogP contribution in [0.15, 0.2) is 48.5 Å². The van der Waals surface area contributed by atoms with E-state index in [9.17, 15) is 9.59 Å². The second-order valence-corrected chi connectivity index (χ2v) is 9.05. The number of ether oxygens (including phenoxy) is 1. The number of aryl methyl sites for hydroxylation is 1. The quantitative estimate of drug-likeness (QED) is 0.532. The van der Waals surface area contributed by atoms with E-state index in [4.69, 9.17) is 4.74 Å². The highest BCUT2D eigenvalue weighted by atomic mass is 16.5. The number of para-hydroxylation sites is 1. The Morgan fingerprint density at radius 1 is 1.03 bits per heavy atom. The molecule has 0 bridgehead atoms. The van der Waals surface area contributed by atoms with E-state index in [1.807, 2.05) is 62.4 Å². The van der Waals surface area contributed by atoms with Gasteiger partial charge in [0, 0.05) is 13.1 Å². The Kier molecular flexibility index (Phi) is 9.76. The minimum Gasteiger partial charge on any atom is -0.483 e. The van der Waals surface area contributed by atoms with Crippen LogP contribution < -0.4 is 10.1 Å². The molecule has 0 saturated heterocycles. The lowest BCUT2D eigenvalue weighted by Crippen LogP contribution is -2.50. The summed E-state index contributed by atoms with van der Waals surface area (Å²) in [4.78, 5) is 28.0. The smallest absolute Gasteiger partial charge is 0.261 e. The van der Waals surface area contributed by atoms with Crippen molar-refractivity contribution in [3.8, 4) is 5.75 Å². The van der Waals surface area contributed by atoms with E-state index in [0.717, 1.165) is 16.7 Å². The molecule has 32 heavy (non-hydrogen) atoms. The Bertz CT molecular complexity index is 892. The van der Waals surface area contributed by atoms with Crippen LogP contribution >= 0.6 is 0 Å². The maximum atomic E-state index is 13.4. The zero-order valence-corrected chi connectivity index (χ0v) is 20.4. The van der Waals surface area contributed by atoms with Crippen LogP contribution in [-0.4, -0.2) is 35.9 Å². The molecule has 0 aromatic heterocycles. The van der Waals surface area contributed by atoms with Gasteiger partial charge in [0.05, 0.1) is 0 Å². The first kappa shape index (κ1) is 25.4. The van der Waals surface area contributed by atoms with Gasteiger partial charge in [0.1, 0.15) is 11.8 Å². The monoisotopic (exact) mass is 438 g/mol. The van der Waals surface area contributed by atoms with Crippen LogP contribution in [0.3, 0.4) is 0 Å². The molecule has 0 aliphatic heterocycles. The molecule has 2 rings (SSSR count). The van der Waals surface area contributed by atoms with Crippen LogP contribution in [0.2, 0.25) is 0 Å². The van der Waals surface area contributed by atoms with E-state index in [0.29, 0.717) is 31.2 Å². The van der Waals surface area contributed by atoms with Gasteiger partial charge in [0.25, 0.3) is 5.91 Å². The summed E-state index contributed by atoms with van der Waals surface area (Å²) in [5.41, 5.74) is 3.18. The maximum absolute atomic E-state index is 13.4. The molecule has 2 aromatic carbocycles. The van der Waals surface area contributed by atoms with Crippen LogP contribution in [0, 0.1) is 12.8 Å². The minimum absolute atomic E-state index is 0.108. The lowest BCUT2D eigenvalue weighted by atomic mass is 10.0. The van der Waals surface area contributed by atoms with E-state index in [-0.39, 0.29) is 24.3 Å². The van der Waals surface area contributed by atoms with E-state index in [1.54, 1.807) is 4.90 Å². The molecule has 1 N–H and O–H groups in total. The Morgan fingerprint density at radius 3 is 2.38 bits per heavy atom. The van der Waals surface area contributed by atoms with Crippen molar-refractivity contribution in [1.29, 1.82) is 0 Å². The normalized spacial score (nSPS) is 12.0. The first-order chi connectivity index (χ1) is 15.2. The van der Waals surface area contributed by atoms with Crippen LogP contribution in [0.4, 0.5) is 0 Å². The van der Waals surface area contributed by atoms with Crippen LogP contribution in [-0.2, 0) is 16.1 Å². The van der Waals surface area contributed by atoms with E-state index >= 15 is 0 Å². The highest BCUT2D eigenvalue weighted by Gasteiger charge is 2.29. The molecular weight excluding hydrogens is 400 g/mol. The third-order valence-corrected chi connectivity index (χ3v) is 5.40. The van der Waals surface area contributed by atoms with Crippen molar-refractivity contribution in [1.82, 2.24) is 10.2 Å². The summed E-state index contributed by atoms with van der Waals surface area (Å²) in [6.45, 7) is 13.1. The average Bonchev–Trinajstić information content (AvgIpc) is 2.76. The second kappa shape index (κ2) is 12.3. The van der Waals surface area contributed by atoms with Crippen molar-refractivity contribution >= 4 is 11.8 Å². The lowest BCUT2D eigenvalue weighted by Gasteiger charge is -2.31. The topological polar surface area (TPSA) is 58.6 Å². The Hall–Kier alpha value is -2.82. The standard InChI is InChI=1S/C27H38N2O3/c1-7-24(27(31)28-16-19(2)3)29(17-22-12-10-11-21(6)15-22)26(30)18-32-25-14-9-8-13-23(25)20(4)5/h8-15,19-20,24H,7,16-18H2,1-6H3,(H,28,31). The predicted octanol–water partition coefficient (Wildman–Crippen LogP) is 5.08. The van der Waals surface area contributed by atoms with Crippen molar-refractivity contribution in [3.05, 3.63) is 65.2 Å². The summed E-state index contributed by atoms with van der Waals surface area (Å²) in [5.74, 6) is 1.02. The third kappa shape index (κ3) is 7.40.